The molecule has 1 heterocycles. The molecule has 1 aliphatic rings. The van der Waals surface area contributed by atoms with E-state index in [9.17, 15) is 25.0 Å². The molecule has 4 rings (SSSR count). The maximum atomic E-state index is 13.5. The summed E-state index contributed by atoms with van der Waals surface area (Å²) in [7, 11) is 1.57. The zero-order valence-corrected chi connectivity index (χ0v) is 22.1. The number of nitriles is 1. The van der Waals surface area contributed by atoms with Crippen molar-refractivity contribution in [1.82, 2.24) is 0 Å². The molecule has 3 aromatic carbocycles. The number of thioether (sulfide) groups is 1. The number of rotatable bonds is 7. The molecular formula is C28H23N5O5S. The minimum absolute atomic E-state index is 0.0301. The Hall–Kier alpha value is -4.95. The summed E-state index contributed by atoms with van der Waals surface area (Å²) in [5.74, 6) is -0.232. The van der Waals surface area contributed by atoms with Crippen LogP contribution in [-0.4, -0.2) is 34.8 Å². The van der Waals surface area contributed by atoms with Gasteiger partial charge in [0.15, 0.2) is 5.17 Å². The zero-order chi connectivity index (χ0) is 28.1. The number of hydrogen-bond donors (Lipinski definition) is 1. The number of nitro groups is 1. The van der Waals surface area contributed by atoms with Crippen molar-refractivity contribution in [2.75, 3.05) is 23.1 Å². The van der Waals surface area contributed by atoms with Gasteiger partial charge in [0, 0.05) is 12.1 Å². The number of nitro benzene ring substituents is 1. The Labute approximate surface area is 228 Å². The number of amides is 2. The predicted octanol–water partition coefficient (Wildman–Crippen LogP) is 5.21. The van der Waals surface area contributed by atoms with E-state index in [2.05, 4.69) is 10.3 Å². The summed E-state index contributed by atoms with van der Waals surface area (Å²) in [5, 5.41) is 23.3. The third-order valence-electron chi connectivity index (χ3n) is 5.65. The third-order valence-corrected chi connectivity index (χ3v) is 6.59. The van der Waals surface area contributed by atoms with Gasteiger partial charge in [-0.25, -0.2) is 4.99 Å². The van der Waals surface area contributed by atoms with Crippen molar-refractivity contribution in [2.45, 2.75) is 13.8 Å². The molecule has 0 atom stereocenters. The van der Waals surface area contributed by atoms with Crippen molar-refractivity contribution in [1.29, 1.82) is 5.26 Å². The van der Waals surface area contributed by atoms with Crippen LogP contribution >= 0.6 is 11.8 Å². The molecule has 39 heavy (non-hydrogen) atoms. The second-order valence-electron chi connectivity index (χ2n) is 8.62. The Bertz CT molecular complexity index is 1550. The number of anilines is 2. The molecule has 2 amide bonds. The fourth-order valence-electron chi connectivity index (χ4n) is 3.92. The number of aliphatic imine (C=N–C) groups is 1. The first-order valence-corrected chi connectivity index (χ1v) is 12.7. The number of hydrogen-bond acceptors (Lipinski definition) is 8. The van der Waals surface area contributed by atoms with Gasteiger partial charge in [-0.1, -0.05) is 30.0 Å². The minimum atomic E-state index is -0.615. The summed E-state index contributed by atoms with van der Waals surface area (Å²) in [6, 6.07) is 18.4. The van der Waals surface area contributed by atoms with E-state index in [1.165, 1.54) is 17.0 Å². The molecule has 0 aromatic heterocycles. The molecule has 1 aliphatic heterocycles. The smallest absolute Gasteiger partial charge is 0.283 e. The van der Waals surface area contributed by atoms with Gasteiger partial charge < -0.3 is 10.1 Å². The number of benzene rings is 3. The number of carbonyl (C=O) groups excluding carboxylic acids is 2. The zero-order valence-electron chi connectivity index (χ0n) is 21.3. The second-order valence-corrected chi connectivity index (χ2v) is 9.56. The van der Waals surface area contributed by atoms with Crippen molar-refractivity contribution in [2.24, 2.45) is 4.99 Å². The van der Waals surface area contributed by atoms with E-state index in [1.54, 1.807) is 25.3 Å². The first-order valence-electron chi connectivity index (χ1n) is 11.7. The van der Waals surface area contributed by atoms with Gasteiger partial charge in [0.2, 0.25) is 5.91 Å². The number of aryl methyl sites for hydroxylation is 2. The Morgan fingerprint density at radius 1 is 1.15 bits per heavy atom. The standard InChI is InChI=1S/C28H23N5O5S/c1-17-10-18(2)12-22(11-17)32-27(35)25(13-19-4-7-23(38-3)8-5-19)31-28(32)39-16-26(34)30-24-9-6-21(33(36)37)14-20(24)15-29/h4-14H,16H2,1-3H3,(H,30,34). The van der Waals surface area contributed by atoms with Crippen LogP contribution in [0.2, 0.25) is 0 Å². The molecule has 3 aromatic rings. The monoisotopic (exact) mass is 541 g/mol. The largest absolute Gasteiger partial charge is 0.497 e. The normalized spacial score (nSPS) is 13.7. The third kappa shape index (κ3) is 6.31. The summed E-state index contributed by atoms with van der Waals surface area (Å²) in [5.41, 5.74) is 3.41. The molecule has 11 heteroatoms. The number of non-ortho nitro benzene ring substituents is 1. The Morgan fingerprint density at radius 2 is 1.85 bits per heavy atom. The summed E-state index contributed by atoms with van der Waals surface area (Å²) in [6.07, 6.45) is 1.67. The first kappa shape index (κ1) is 27.1. The molecule has 0 aliphatic carbocycles. The molecular weight excluding hydrogens is 518 g/mol. The molecule has 0 spiro atoms. The predicted molar refractivity (Wildman–Crippen MR) is 151 cm³/mol. The van der Waals surface area contributed by atoms with Gasteiger partial charge in [-0.15, -0.1) is 0 Å². The Kier molecular flexibility index (Phi) is 8.07. The fraction of sp³-hybridized carbons (Fsp3) is 0.143. The van der Waals surface area contributed by atoms with Gasteiger partial charge in [0.05, 0.1) is 34.7 Å². The maximum absolute atomic E-state index is 13.5. The van der Waals surface area contributed by atoms with Gasteiger partial charge in [0.1, 0.15) is 17.5 Å². The average Bonchev–Trinajstić information content (AvgIpc) is 3.22. The highest BCUT2D eigenvalue weighted by Gasteiger charge is 2.32. The van der Waals surface area contributed by atoms with Gasteiger partial charge >= 0.3 is 0 Å². The van der Waals surface area contributed by atoms with Crippen LogP contribution in [0.3, 0.4) is 0 Å². The lowest BCUT2D eigenvalue weighted by molar-refractivity contribution is -0.384. The molecule has 0 saturated heterocycles. The molecule has 1 N–H and O–H groups in total. The van der Waals surface area contributed by atoms with Crippen molar-refractivity contribution in [3.05, 3.63) is 98.7 Å². The fourth-order valence-corrected chi connectivity index (χ4v) is 4.73. The van der Waals surface area contributed by atoms with E-state index in [-0.39, 0.29) is 34.3 Å². The van der Waals surface area contributed by atoms with Crippen LogP contribution in [0.4, 0.5) is 17.1 Å². The van der Waals surface area contributed by atoms with Crippen LogP contribution in [0, 0.1) is 35.3 Å². The quantitative estimate of drug-likeness (QED) is 0.246. The van der Waals surface area contributed by atoms with Crippen molar-refractivity contribution in [3.63, 3.8) is 0 Å². The lowest BCUT2D eigenvalue weighted by Gasteiger charge is -2.19. The summed E-state index contributed by atoms with van der Waals surface area (Å²) in [6.45, 7) is 3.86. The Balaban J connectivity index is 1.59. The van der Waals surface area contributed by atoms with Crippen LogP contribution in [0.5, 0.6) is 5.75 Å². The summed E-state index contributed by atoms with van der Waals surface area (Å²) < 4.78 is 5.19. The second kappa shape index (κ2) is 11.6. The molecule has 0 saturated carbocycles. The number of methoxy groups -OCH3 is 1. The van der Waals surface area contributed by atoms with E-state index < -0.39 is 10.8 Å². The average molecular weight is 542 g/mol. The van der Waals surface area contributed by atoms with Crippen molar-refractivity contribution in [3.8, 4) is 11.8 Å². The topological polar surface area (TPSA) is 138 Å². The minimum Gasteiger partial charge on any atom is -0.497 e. The highest BCUT2D eigenvalue weighted by molar-refractivity contribution is 8.14. The maximum Gasteiger partial charge on any atom is 0.283 e. The van der Waals surface area contributed by atoms with E-state index in [0.717, 1.165) is 34.5 Å². The molecule has 196 valence electrons. The van der Waals surface area contributed by atoms with E-state index in [0.29, 0.717) is 16.6 Å². The SMILES string of the molecule is COc1ccc(C=C2N=C(SCC(=O)Nc3ccc([N+](=O)[O-])cc3C#N)N(c3cc(C)cc(C)c3)C2=O)cc1. The lowest BCUT2D eigenvalue weighted by Crippen LogP contribution is -2.31. The molecule has 10 nitrogen and oxygen atoms in total. The number of nitrogens with zero attached hydrogens (tertiary/aromatic N) is 4. The Morgan fingerprint density at radius 3 is 2.46 bits per heavy atom. The number of amidine groups is 1. The van der Waals surface area contributed by atoms with Gasteiger partial charge in [0.25, 0.3) is 11.6 Å². The summed E-state index contributed by atoms with van der Waals surface area (Å²) in [4.78, 5) is 42.6. The molecule has 0 unspecified atom stereocenters. The summed E-state index contributed by atoms with van der Waals surface area (Å²) >= 11 is 1.06. The van der Waals surface area contributed by atoms with Crippen LogP contribution in [0.1, 0.15) is 22.3 Å². The number of carbonyl (C=O) groups is 2. The van der Waals surface area contributed by atoms with Crippen molar-refractivity contribution >= 4 is 51.9 Å². The molecule has 0 fully saturated rings. The van der Waals surface area contributed by atoms with Gasteiger partial charge in [-0.2, -0.15) is 5.26 Å². The van der Waals surface area contributed by atoms with Crippen LogP contribution in [-0.2, 0) is 9.59 Å². The van der Waals surface area contributed by atoms with Gasteiger partial charge in [-0.3, -0.25) is 24.6 Å². The van der Waals surface area contributed by atoms with E-state index in [4.69, 9.17) is 4.74 Å². The van der Waals surface area contributed by atoms with E-state index >= 15 is 0 Å². The number of ether oxygens (including phenoxy) is 1. The lowest BCUT2D eigenvalue weighted by atomic mass is 10.1. The van der Waals surface area contributed by atoms with Crippen LogP contribution < -0.4 is 15.0 Å². The number of nitrogens with one attached hydrogen (secondary N) is 1. The van der Waals surface area contributed by atoms with Crippen LogP contribution in [0.25, 0.3) is 6.08 Å². The van der Waals surface area contributed by atoms with E-state index in [1.807, 2.05) is 50.2 Å². The first-order chi connectivity index (χ1) is 18.7. The molecule has 0 bridgehead atoms. The highest BCUT2D eigenvalue weighted by Crippen LogP contribution is 2.31. The van der Waals surface area contributed by atoms with Gasteiger partial charge in [-0.05, 0) is 66.9 Å². The highest BCUT2D eigenvalue weighted by atomic mass is 32.2. The van der Waals surface area contributed by atoms with Crippen molar-refractivity contribution < 1.29 is 19.2 Å². The molecule has 0 radical (unpaired) electrons. The van der Waals surface area contributed by atoms with Crippen LogP contribution in [0.15, 0.2) is 71.4 Å².